The summed E-state index contributed by atoms with van der Waals surface area (Å²) in [4.78, 5) is 2.61. The molecule has 0 spiro atoms. The van der Waals surface area contributed by atoms with Crippen LogP contribution in [-0.2, 0) is 0 Å². The van der Waals surface area contributed by atoms with Gasteiger partial charge in [-0.15, -0.1) is 0 Å². The van der Waals surface area contributed by atoms with Crippen LogP contribution in [0.1, 0.15) is 0 Å². The highest BCUT2D eigenvalue weighted by molar-refractivity contribution is 7.99. The molecule has 8 aromatic carbocycles. The molecule has 0 unspecified atom stereocenters. The monoisotopic (exact) mass is 666 g/mol. The third-order valence-corrected chi connectivity index (χ3v) is 11.6. The van der Waals surface area contributed by atoms with Crippen LogP contribution in [0.4, 0.5) is 0 Å². The Morgan fingerprint density at radius 1 is 0.314 bits per heavy atom. The Morgan fingerprint density at radius 2 is 0.784 bits per heavy atom. The number of para-hydroxylation sites is 2. The van der Waals surface area contributed by atoms with Gasteiger partial charge in [-0.25, -0.2) is 0 Å². The van der Waals surface area contributed by atoms with Crippen LogP contribution in [0.15, 0.2) is 192 Å². The second-order valence-corrected chi connectivity index (χ2v) is 14.5. The van der Waals surface area contributed by atoms with Gasteiger partial charge in [-0.05, 0) is 100 Å². The van der Waals surface area contributed by atoms with Crippen LogP contribution in [0, 0.1) is 0 Å². The van der Waals surface area contributed by atoms with Gasteiger partial charge in [0.25, 0.3) is 0 Å². The molecule has 2 aromatic heterocycles. The van der Waals surface area contributed by atoms with Crippen molar-refractivity contribution in [1.82, 2.24) is 9.13 Å². The second kappa shape index (κ2) is 11.1. The molecule has 0 atom stereocenters. The van der Waals surface area contributed by atoms with Gasteiger partial charge in [-0.1, -0.05) is 127 Å². The summed E-state index contributed by atoms with van der Waals surface area (Å²) >= 11 is 1.87. The Hall–Kier alpha value is -6.29. The number of benzene rings is 8. The molecule has 2 nitrogen and oxygen atoms in total. The Labute approximate surface area is 299 Å². The Bertz CT molecular complexity index is 2870. The summed E-state index contributed by atoms with van der Waals surface area (Å²) in [5, 5.41) is 5.10. The van der Waals surface area contributed by atoms with Crippen molar-refractivity contribution in [1.29, 1.82) is 0 Å². The summed E-state index contributed by atoms with van der Waals surface area (Å²) in [6.07, 6.45) is 0. The van der Waals surface area contributed by atoms with Gasteiger partial charge in [0, 0.05) is 37.0 Å². The number of fused-ring (bicyclic) bond motifs is 8. The first-order valence-electron chi connectivity index (χ1n) is 17.4. The maximum absolute atomic E-state index is 2.45. The minimum Gasteiger partial charge on any atom is -0.309 e. The zero-order chi connectivity index (χ0) is 33.5. The van der Waals surface area contributed by atoms with E-state index in [1.165, 1.54) is 92.5 Å². The molecule has 1 aliphatic rings. The molecule has 0 amide bonds. The fourth-order valence-corrected chi connectivity index (χ4v) is 9.21. The van der Waals surface area contributed by atoms with Crippen LogP contribution in [0.25, 0.3) is 88.4 Å². The molecule has 10 aromatic rings. The average molecular weight is 667 g/mol. The molecule has 0 saturated heterocycles. The predicted octanol–water partition coefficient (Wildman–Crippen LogP) is 13.3. The van der Waals surface area contributed by atoms with Crippen LogP contribution in [-0.4, -0.2) is 9.13 Å². The van der Waals surface area contributed by atoms with Gasteiger partial charge < -0.3 is 9.13 Å². The third-order valence-electron chi connectivity index (χ3n) is 10.5. The molecule has 11 rings (SSSR count). The molecule has 0 fully saturated rings. The normalized spacial score (nSPS) is 12.2. The Kier molecular flexibility index (Phi) is 6.22. The van der Waals surface area contributed by atoms with Crippen LogP contribution in [0.3, 0.4) is 0 Å². The van der Waals surface area contributed by atoms with E-state index in [-0.39, 0.29) is 0 Å². The maximum Gasteiger partial charge on any atom is 0.0681 e. The lowest BCUT2D eigenvalue weighted by atomic mass is 10.0. The van der Waals surface area contributed by atoms with Crippen molar-refractivity contribution in [3.05, 3.63) is 182 Å². The van der Waals surface area contributed by atoms with Gasteiger partial charge in [0.15, 0.2) is 0 Å². The van der Waals surface area contributed by atoms with Crippen molar-refractivity contribution >= 4 is 55.4 Å². The largest absolute Gasteiger partial charge is 0.309 e. The van der Waals surface area contributed by atoms with Crippen molar-refractivity contribution in [2.45, 2.75) is 9.79 Å². The molecule has 3 heterocycles. The van der Waals surface area contributed by atoms with Gasteiger partial charge >= 0.3 is 0 Å². The van der Waals surface area contributed by atoms with Crippen molar-refractivity contribution in [2.75, 3.05) is 0 Å². The van der Waals surface area contributed by atoms with E-state index in [4.69, 9.17) is 0 Å². The lowest BCUT2D eigenvalue weighted by molar-refractivity contribution is 1.09. The summed E-state index contributed by atoms with van der Waals surface area (Å²) in [6, 6.07) is 66.7. The number of hydrogen-bond acceptors (Lipinski definition) is 1. The zero-order valence-electron chi connectivity index (χ0n) is 27.6. The highest BCUT2D eigenvalue weighted by Crippen LogP contribution is 2.47. The fraction of sp³-hybridized carbons (Fsp3) is 0. The minimum atomic E-state index is 1.15. The van der Waals surface area contributed by atoms with Crippen LogP contribution in [0.2, 0.25) is 0 Å². The first-order valence-corrected chi connectivity index (χ1v) is 18.2. The van der Waals surface area contributed by atoms with E-state index in [0.29, 0.717) is 0 Å². The summed E-state index contributed by atoms with van der Waals surface area (Å²) in [7, 11) is 0. The number of rotatable bonds is 4. The van der Waals surface area contributed by atoms with E-state index in [1.54, 1.807) is 0 Å². The highest BCUT2D eigenvalue weighted by atomic mass is 32.2. The van der Waals surface area contributed by atoms with Crippen LogP contribution < -0.4 is 0 Å². The van der Waals surface area contributed by atoms with E-state index < -0.39 is 0 Å². The van der Waals surface area contributed by atoms with E-state index >= 15 is 0 Å². The van der Waals surface area contributed by atoms with Gasteiger partial charge in [-0.2, -0.15) is 0 Å². The molecule has 0 radical (unpaired) electrons. The summed E-state index contributed by atoms with van der Waals surface area (Å²) < 4.78 is 4.87. The molecule has 0 aliphatic carbocycles. The SMILES string of the molecule is c1ccc(-c2ccc3c(c2)c2cc(-c4ccccc4)ccc2n3-c2ccc(-c3ccc4c(c3)c3cccc5c3n4-c3ccccc3S5)cc2)cc1. The molecule has 238 valence electrons. The van der Waals surface area contributed by atoms with E-state index in [0.717, 1.165) is 5.69 Å². The quantitative estimate of drug-likeness (QED) is 0.182. The number of nitrogens with zero attached hydrogens (tertiary/aromatic N) is 2. The van der Waals surface area contributed by atoms with Crippen molar-refractivity contribution in [2.24, 2.45) is 0 Å². The third kappa shape index (κ3) is 4.38. The first-order chi connectivity index (χ1) is 25.3. The first kappa shape index (κ1) is 28.5. The van der Waals surface area contributed by atoms with Crippen LogP contribution in [0.5, 0.6) is 0 Å². The number of aromatic nitrogens is 2. The van der Waals surface area contributed by atoms with E-state index in [1.807, 2.05) is 11.8 Å². The zero-order valence-corrected chi connectivity index (χ0v) is 28.4. The Morgan fingerprint density at radius 3 is 1.39 bits per heavy atom. The van der Waals surface area contributed by atoms with Crippen molar-refractivity contribution < 1.29 is 0 Å². The summed E-state index contributed by atoms with van der Waals surface area (Å²) in [5.41, 5.74) is 14.7. The molecular weight excluding hydrogens is 637 g/mol. The smallest absolute Gasteiger partial charge is 0.0681 e. The van der Waals surface area contributed by atoms with Gasteiger partial charge in [0.05, 0.1) is 27.8 Å². The molecule has 0 N–H and O–H groups in total. The summed E-state index contributed by atoms with van der Waals surface area (Å²) in [5.74, 6) is 0. The average Bonchev–Trinajstić information content (AvgIpc) is 3.71. The van der Waals surface area contributed by atoms with Crippen molar-refractivity contribution in [3.63, 3.8) is 0 Å². The Balaban J connectivity index is 1.05. The molecule has 3 heteroatoms. The topological polar surface area (TPSA) is 9.86 Å². The van der Waals surface area contributed by atoms with Crippen molar-refractivity contribution in [3.8, 4) is 44.8 Å². The van der Waals surface area contributed by atoms with E-state index in [9.17, 15) is 0 Å². The second-order valence-electron chi connectivity index (χ2n) is 13.4. The molecular formula is C48H30N2S. The maximum atomic E-state index is 2.45. The number of hydrogen-bond donors (Lipinski definition) is 0. The molecule has 51 heavy (non-hydrogen) atoms. The molecule has 1 aliphatic heterocycles. The van der Waals surface area contributed by atoms with Gasteiger partial charge in [0.2, 0.25) is 0 Å². The highest BCUT2D eigenvalue weighted by Gasteiger charge is 2.23. The van der Waals surface area contributed by atoms with E-state index in [2.05, 4.69) is 191 Å². The van der Waals surface area contributed by atoms with Crippen LogP contribution >= 0.6 is 11.8 Å². The summed E-state index contributed by atoms with van der Waals surface area (Å²) in [6.45, 7) is 0. The molecule has 0 saturated carbocycles. The van der Waals surface area contributed by atoms with Gasteiger partial charge in [0.1, 0.15) is 0 Å². The lowest BCUT2D eigenvalue weighted by Gasteiger charge is -2.19. The predicted molar refractivity (Wildman–Crippen MR) is 216 cm³/mol. The lowest BCUT2D eigenvalue weighted by Crippen LogP contribution is -2.00. The fourth-order valence-electron chi connectivity index (χ4n) is 8.12. The standard InChI is InChI=1S/C48H30N2S/c1-3-10-31(11-4-1)34-20-25-42-40(29-34)41-30-35(32-12-5-2-6-13-32)21-26-43(41)49(42)37-23-18-33(19-24-37)36-22-27-44-39(28-36)38-14-9-17-47-48(38)50(44)45-15-7-8-16-46(45)51-47/h1-30H. The van der Waals surface area contributed by atoms with Gasteiger partial charge in [-0.3, -0.25) is 0 Å². The minimum absolute atomic E-state index is 1.15. The molecule has 0 bridgehead atoms.